The zero-order chi connectivity index (χ0) is 4.50. The summed E-state index contributed by atoms with van der Waals surface area (Å²) in [5.41, 5.74) is 0. The Morgan fingerprint density at radius 3 is 0.714 bits per heavy atom. The first-order valence-corrected chi connectivity index (χ1v) is 2.45. The normalized spacial score (nSPS) is 8.57. The minimum atomic E-state index is -5.61. The molecule has 0 heterocycles. The number of hydrogen-bond donors (Lipinski definition) is 0. The third-order valence-corrected chi connectivity index (χ3v) is 0. The van der Waals surface area contributed by atoms with Crippen LogP contribution in [0.25, 0.3) is 0 Å². The van der Waals surface area contributed by atoms with Crippen LogP contribution in [0.5, 0.6) is 0 Å². The molecule has 7 heteroatoms. The zero-order valence-corrected chi connectivity index (χ0v) is 6.60. The van der Waals surface area contributed by atoms with Crippen molar-refractivity contribution >= 4 is 43.8 Å². The molecule has 0 rings (SSSR count). The summed E-state index contributed by atoms with van der Waals surface area (Å²) in [7, 11) is -5.61. The molecule has 0 aromatic heterocycles. The van der Waals surface area contributed by atoms with E-state index in [9.17, 15) is 0 Å². The van der Waals surface area contributed by atoms with Gasteiger partial charge in [-0.3, -0.25) is 0 Å². The van der Waals surface area contributed by atoms with E-state index in [0.717, 1.165) is 0 Å². The van der Waals surface area contributed by atoms with Crippen LogP contribution < -0.4 is 19.2 Å². The molecule has 0 aliphatic rings. The average Bonchev–Trinajstić information content (AvgIpc) is 0.722. The van der Waals surface area contributed by atoms with Gasteiger partial charge < -0.3 is 28.2 Å². The Balaban J connectivity index is -0.0000000800. The molecule has 7 heavy (non-hydrogen) atoms. The van der Waals surface area contributed by atoms with Crippen molar-refractivity contribution in [1.29, 1.82) is 0 Å². The van der Waals surface area contributed by atoms with Gasteiger partial charge in [0.05, 0.1) is 0 Å². The summed E-state index contributed by atoms with van der Waals surface area (Å²) in [5.74, 6) is 0. The third kappa shape index (κ3) is 148. The Kier molecular flexibility index (Phi) is 11.8. The summed E-state index contributed by atoms with van der Waals surface area (Å²) in [6.07, 6.45) is 0. The van der Waals surface area contributed by atoms with Gasteiger partial charge in [0.15, 0.2) is 0 Å². The fraction of sp³-hybridized carbons (Fsp3) is 0. The molecule has 0 spiro atoms. The van der Waals surface area contributed by atoms with Gasteiger partial charge in [-0.2, -0.15) is 0 Å². The van der Waals surface area contributed by atoms with Crippen LogP contribution in [-0.4, -0.2) is 43.8 Å². The summed E-state index contributed by atoms with van der Waals surface area (Å²) >= 11 is 0. The molecule has 0 saturated heterocycles. The van der Waals surface area contributed by atoms with Crippen LogP contribution >= 0.6 is 0 Å². The molecule has 0 N–H and O–H groups in total. The topological polar surface area (TPSA) is 92.2 Å². The van der Waals surface area contributed by atoms with Gasteiger partial charge in [-0.05, 0) is 0 Å². The molecule has 32 valence electrons. The first-order valence-electron chi connectivity index (χ1n) is 0.816. The Hall–Kier alpha value is 1.12. The number of hydrogen-bond acceptors (Lipinski definition) is 4. The van der Waals surface area contributed by atoms with Gasteiger partial charge in [-0.25, -0.2) is 0 Å². The van der Waals surface area contributed by atoms with Crippen LogP contribution in [0.4, 0.5) is 0 Å². The van der Waals surface area contributed by atoms with Gasteiger partial charge in [0.2, 0.25) is 0 Å². The summed E-state index contributed by atoms with van der Waals surface area (Å²) in [6.45, 7) is 0. The smallest absolute Gasteiger partial charge is 0.894 e. The predicted octanol–water partition coefficient (Wildman–Crippen LogP) is -5.90. The molecule has 0 aromatic rings. The summed E-state index contributed by atoms with van der Waals surface area (Å²) in [5, 5.41) is 0. The second-order valence-electron chi connectivity index (χ2n) is 0.500. The standard InChI is InChI=1S/2Al.O4Si/c;;1-5(2,3)4/q2*+3;-4. The van der Waals surface area contributed by atoms with Crippen LogP contribution in [0.2, 0.25) is 0 Å². The second kappa shape index (κ2) is 5.26. The molecule has 0 radical (unpaired) electrons. The molecule has 0 aromatic carbocycles. The first kappa shape index (κ1) is 15.7. The maximum absolute atomic E-state index is 8.58. The van der Waals surface area contributed by atoms with Crippen molar-refractivity contribution in [2.24, 2.45) is 0 Å². The molecule has 0 aliphatic carbocycles. The predicted molar refractivity (Wildman–Crippen MR) is 17.3 cm³/mol. The van der Waals surface area contributed by atoms with Crippen LogP contribution in [0, 0.1) is 0 Å². The van der Waals surface area contributed by atoms with E-state index in [4.69, 9.17) is 19.2 Å². The van der Waals surface area contributed by atoms with Crippen molar-refractivity contribution in [3.63, 3.8) is 0 Å². The fourth-order valence-electron chi connectivity index (χ4n) is 0. The molecule has 0 saturated carbocycles. The molecule has 0 atom stereocenters. The zero-order valence-electron chi connectivity index (χ0n) is 3.29. The van der Waals surface area contributed by atoms with Gasteiger partial charge >= 0.3 is 34.7 Å². The molecular weight excluding hydrogens is 146 g/mol. The van der Waals surface area contributed by atoms with Gasteiger partial charge in [0.1, 0.15) is 0 Å². The molecule has 0 fully saturated rings. The van der Waals surface area contributed by atoms with Gasteiger partial charge in [-0.15, -0.1) is 0 Å². The van der Waals surface area contributed by atoms with Gasteiger partial charge in [-0.1, -0.05) is 0 Å². The van der Waals surface area contributed by atoms with E-state index in [1.54, 1.807) is 0 Å². The van der Waals surface area contributed by atoms with Crippen molar-refractivity contribution in [3.8, 4) is 0 Å². The second-order valence-corrected chi connectivity index (χ2v) is 1.50. The maximum Gasteiger partial charge on any atom is 3.00 e. The Morgan fingerprint density at radius 2 is 0.714 bits per heavy atom. The van der Waals surface area contributed by atoms with Crippen molar-refractivity contribution in [2.45, 2.75) is 0 Å². The minimum Gasteiger partial charge on any atom is -0.894 e. The molecule has 0 bridgehead atoms. The van der Waals surface area contributed by atoms with E-state index >= 15 is 0 Å². The molecule has 0 aliphatic heterocycles. The molecule has 0 unspecified atom stereocenters. The largest absolute Gasteiger partial charge is 3.00 e. The van der Waals surface area contributed by atoms with E-state index in [1.807, 2.05) is 0 Å². The fourth-order valence-corrected chi connectivity index (χ4v) is 0. The van der Waals surface area contributed by atoms with Gasteiger partial charge in [0, 0.05) is 0 Å². The Labute approximate surface area is 63.2 Å². The van der Waals surface area contributed by atoms with Crippen molar-refractivity contribution in [1.82, 2.24) is 0 Å². The Morgan fingerprint density at radius 1 is 0.714 bits per heavy atom. The number of rotatable bonds is 0. The monoisotopic (exact) mass is 146 g/mol. The van der Waals surface area contributed by atoms with Crippen molar-refractivity contribution < 1.29 is 19.2 Å². The SMILES string of the molecule is [Al+3].[Al+3].[O-][Si]([O-])([O-])[O-]. The van der Waals surface area contributed by atoms with E-state index in [1.165, 1.54) is 0 Å². The quantitative estimate of drug-likeness (QED) is 0.318. The van der Waals surface area contributed by atoms with E-state index in [-0.39, 0.29) is 34.7 Å². The van der Waals surface area contributed by atoms with E-state index in [0.29, 0.717) is 0 Å². The Bertz CT molecular complexity index is 25.2. The summed E-state index contributed by atoms with van der Waals surface area (Å²) < 4.78 is 0. The van der Waals surface area contributed by atoms with Crippen molar-refractivity contribution in [2.75, 3.05) is 0 Å². The maximum atomic E-state index is 8.58. The van der Waals surface area contributed by atoms with Crippen LogP contribution in [-0.2, 0) is 0 Å². The first-order chi connectivity index (χ1) is 2.00. The third-order valence-electron chi connectivity index (χ3n) is 0. The van der Waals surface area contributed by atoms with Crippen LogP contribution in [0.3, 0.4) is 0 Å². The van der Waals surface area contributed by atoms with Crippen LogP contribution in [0.1, 0.15) is 0 Å². The molecule has 0 amide bonds. The van der Waals surface area contributed by atoms with Gasteiger partial charge in [0.25, 0.3) is 0 Å². The average molecular weight is 146 g/mol. The summed E-state index contributed by atoms with van der Waals surface area (Å²) in [6, 6.07) is 0. The van der Waals surface area contributed by atoms with E-state index < -0.39 is 9.05 Å². The summed E-state index contributed by atoms with van der Waals surface area (Å²) in [4.78, 5) is 34.3. The van der Waals surface area contributed by atoms with Crippen molar-refractivity contribution in [3.05, 3.63) is 0 Å². The molecule has 4 nitrogen and oxygen atoms in total. The molecular formula is Al2O4Si+2. The minimum absolute atomic E-state index is 0. The van der Waals surface area contributed by atoms with E-state index in [2.05, 4.69) is 0 Å². The van der Waals surface area contributed by atoms with Crippen LogP contribution in [0.15, 0.2) is 0 Å².